The summed E-state index contributed by atoms with van der Waals surface area (Å²) in [6, 6.07) is 0. The maximum atomic E-state index is 7.31. The van der Waals surface area contributed by atoms with Crippen molar-refractivity contribution in [2.45, 2.75) is 46.9 Å². The quantitative estimate of drug-likeness (QED) is 0.118. The minimum absolute atomic E-state index is 0.193. The standard InChI is InChI=1S/C20H42NO6P/c1-6-11-23-16-20(15-22-9-4,17-24-12-7-2)18-25-13-10-14-26-28(5)27-19-21-8-3/h19H,6-18H2,1-5H3/i1D,2D,4D. The first-order valence-corrected chi connectivity index (χ1v) is 11.5. The van der Waals surface area contributed by atoms with Gasteiger partial charge >= 0.3 is 0 Å². The number of rotatable bonds is 21. The van der Waals surface area contributed by atoms with Gasteiger partial charge in [-0.2, -0.15) is 0 Å². The average molecular weight is 427 g/mol. The molecule has 0 N–H and O–H groups in total. The van der Waals surface area contributed by atoms with E-state index >= 15 is 0 Å². The fourth-order valence-electron chi connectivity index (χ4n) is 2.17. The summed E-state index contributed by atoms with van der Waals surface area (Å²) >= 11 is 0. The second-order valence-corrected chi connectivity index (χ2v) is 7.60. The zero-order valence-corrected chi connectivity index (χ0v) is 18.6. The van der Waals surface area contributed by atoms with Crippen LogP contribution in [0.15, 0.2) is 4.99 Å². The van der Waals surface area contributed by atoms with Crippen LogP contribution in [0.3, 0.4) is 0 Å². The second kappa shape index (κ2) is 20.0. The van der Waals surface area contributed by atoms with Gasteiger partial charge in [0.2, 0.25) is 8.38 Å². The van der Waals surface area contributed by atoms with Crippen LogP contribution in [0.1, 0.15) is 51.0 Å². The fourth-order valence-corrected chi connectivity index (χ4v) is 2.81. The lowest BCUT2D eigenvalue weighted by atomic mass is 9.92. The van der Waals surface area contributed by atoms with Gasteiger partial charge in [-0.15, -0.1) is 0 Å². The van der Waals surface area contributed by atoms with E-state index in [1.54, 1.807) is 0 Å². The number of hydrogen-bond acceptors (Lipinski definition) is 7. The van der Waals surface area contributed by atoms with Crippen molar-refractivity contribution >= 4 is 14.8 Å². The molecule has 0 radical (unpaired) electrons. The molecule has 0 aromatic rings. The molecule has 0 fully saturated rings. The highest BCUT2D eigenvalue weighted by Crippen LogP contribution is 2.32. The molecule has 0 bridgehead atoms. The first-order valence-electron chi connectivity index (χ1n) is 12.0. The van der Waals surface area contributed by atoms with Crippen LogP contribution in [-0.4, -0.2) is 79.1 Å². The molecule has 0 aliphatic rings. The Bertz CT molecular complexity index is 401. The molecule has 7 nitrogen and oxygen atoms in total. The molecule has 0 amide bonds. The summed E-state index contributed by atoms with van der Waals surface area (Å²) in [5, 5.41) is 0. The van der Waals surface area contributed by atoms with Crippen molar-refractivity contribution in [3.05, 3.63) is 0 Å². The van der Waals surface area contributed by atoms with Gasteiger partial charge in [0.05, 0.1) is 38.4 Å². The Morgan fingerprint density at radius 3 is 2.14 bits per heavy atom. The number of hydrogen-bond donors (Lipinski definition) is 0. The van der Waals surface area contributed by atoms with E-state index in [-0.39, 0.29) is 6.90 Å². The Labute approximate surface area is 177 Å². The van der Waals surface area contributed by atoms with Crippen LogP contribution in [0.4, 0.5) is 0 Å². The maximum Gasteiger partial charge on any atom is 0.228 e. The smallest absolute Gasteiger partial charge is 0.228 e. The van der Waals surface area contributed by atoms with Crippen LogP contribution in [0.5, 0.6) is 0 Å². The first-order chi connectivity index (χ1) is 15.1. The second-order valence-electron chi connectivity index (χ2n) is 6.25. The highest BCUT2D eigenvalue weighted by Gasteiger charge is 2.32. The predicted molar refractivity (Wildman–Crippen MR) is 115 cm³/mol. The van der Waals surface area contributed by atoms with Crippen molar-refractivity contribution in [1.82, 2.24) is 0 Å². The van der Waals surface area contributed by atoms with Gasteiger partial charge in [0.25, 0.3) is 0 Å². The molecule has 28 heavy (non-hydrogen) atoms. The van der Waals surface area contributed by atoms with Crippen molar-refractivity contribution in [2.75, 3.05) is 72.7 Å². The summed E-state index contributed by atoms with van der Waals surface area (Å²) < 4.78 is 56.0. The summed E-state index contributed by atoms with van der Waals surface area (Å²) in [7, 11) is -0.983. The topological polar surface area (TPSA) is 67.7 Å². The summed E-state index contributed by atoms with van der Waals surface area (Å²) in [5.74, 6) is 0. The van der Waals surface area contributed by atoms with Crippen LogP contribution < -0.4 is 0 Å². The molecule has 8 heteroatoms. The van der Waals surface area contributed by atoms with Gasteiger partial charge in [-0.3, -0.25) is 4.99 Å². The highest BCUT2D eigenvalue weighted by atomic mass is 31.2. The van der Waals surface area contributed by atoms with Crippen LogP contribution in [0.25, 0.3) is 0 Å². The molecule has 0 spiro atoms. The van der Waals surface area contributed by atoms with Crippen LogP contribution in [0.2, 0.25) is 0 Å². The summed E-state index contributed by atoms with van der Waals surface area (Å²) in [4.78, 5) is 4.00. The zero-order chi connectivity index (χ0) is 23.0. The Kier molecular flexibility index (Phi) is 16.0. The van der Waals surface area contributed by atoms with Crippen LogP contribution in [-0.2, 0) is 28.0 Å². The van der Waals surface area contributed by atoms with Gasteiger partial charge in [-0.1, -0.05) is 13.8 Å². The molecule has 0 aromatic carbocycles. The Hall–Kier alpha value is -0.300. The highest BCUT2D eigenvalue weighted by molar-refractivity contribution is 7.46. The van der Waals surface area contributed by atoms with Crippen molar-refractivity contribution in [2.24, 2.45) is 10.4 Å². The molecule has 0 saturated heterocycles. The van der Waals surface area contributed by atoms with Crippen molar-refractivity contribution in [3.8, 4) is 0 Å². The van der Waals surface area contributed by atoms with E-state index in [0.717, 1.165) is 6.42 Å². The van der Waals surface area contributed by atoms with Gasteiger partial charge in [-0.25, -0.2) is 0 Å². The predicted octanol–water partition coefficient (Wildman–Crippen LogP) is 4.29. The lowest BCUT2D eigenvalue weighted by Crippen LogP contribution is -2.42. The third kappa shape index (κ3) is 15.6. The van der Waals surface area contributed by atoms with Crippen LogP contribution in [0, 0.1) is 5.41 Å². The van der Waals surface area contributed by atoms with E-state index in [0.29, 0.717) is 92.6 Å². The lowest BCUT2D eigenvalue weighted by molar-refractivity contribution is -0.106. The van der Waals surface area contributed by atoms with E-state index in [1.807, 2.05) is 13.6 Å². The lowest BCUT2D eigenvalue weighted by Gasteiger charge is -2.33. The molecule has 1 atom stereocenters. The average Bonchev–Trinajstić information content (AvgIpc) is 2.77. The SMILES string of the molecule is [2H]CCCOCC(COCC[2H])(COCCC[2H])COCCCOP(C)OC=NCC. The van der Waals surface area contributed by atoms with Crippen LogP contribution >= 0.6 is 8.38 Å². The molecule has 168 valence electrons. The Morgan fingerprint density at radius 2 is 1.54 bits per heavy atom. The molecule has 0 aliphatic heterocycles. The number of aliphatic imine (C=N–C) groups is 1. The molecule has 0 aromatic heterocycles. The van der Waals surface area contributed by atoms with Gasteiger partial charge in [0, 0.05) is 43.7 Å². The third-order valence-electron chi connectivity index (χ3n) is 3.51. The van der Waals surface area contributed by atoms with Crippen molar-refractivity contribution < 1.29 is 32.1 Å². The minimum atomic E-state index is -0.983. The van der Waals surface area contributed by atoms with Crippen molar-refractivity contribution in [1.29, 1.82) is 0 Å². The monoisotopic (exact) mass is 426 g/mol. The Balaban J connectivity index is 4.51. The molecule has 0 rings (SSSR count). The molecule has 0 aliphatic carbocycles. The van der Waals surface area contributed by atoms with E-state index in [2.05, 4.69) is 4.99 Å². The van der Waals surface area contributed by atoms with E-state index < -0.39 is 13.8 Å². The van der Waals surface area contributed by atoms with E-state index in [4.69, 9.17) is 32.1 Å². The summed E-state index contributed by atoms with van der Waals surface area (Å²) in [5.41, 5.74) is -0.489. The molecule has 1 unspecified atom stereocenters. The summed E-state index contributed by atoms with van der Waals surface area (Å²) in [6.07, 6.45) is 3.51. The minimum Gasteiger partial charge on any atom is -0.437 e. The normalized spacial score (nSPS) is 14.7. The maximum absolute atomic E-state index is 7.31. The Morgan fingerprint density at radius 1 is 0.893 bits per heavy atom. The molecular weight excluding hydrogens is 381 g/mol. The van der Waals surface area contributed by atoms with Gasteiger partial charge < -0.3 is 28.0 Å². The van der Waals surface area contributed by atoms with E-state index in [9.17, 15) is 0 Å². The molecular formula is C20H42NO6P. The van der Waals surface area contributed by atoms with E-state index in [1.165, 1.54) is 6.40 Å². The molecule has 0 heterocycles. The zero-order valence-electron chi connectivity index (χ0n) is 20.7. The van der Waals surface area contributed by atoms with Gasteiger partial charge in [0.1, 0.15) is 0 Å². The van der Waals surface area contributed by atoms with Crippen molar-refractivity contribution in [3.63, 3.8) is 0 Å². The van der Waals surface area contributed by atoms with Gasteiger partial charge in [0.15, 0.2) is 6.40 Å². The first kappa shape index (κ1) is 22.4. The fraction of sp³-hybridized carbons (Fsp3) is 0.950. The number of ether oxygens (including phenoxy) is 4. The largest absolute Gasteiger partial charge is 0.437 e. The molecule has 0 saturated carbocycles. The third-order valence-corrected chi connectivity index (χ3v) is 4.45. The number of nitrogens with zero attached hydrogens (tertiary/aromatic N) is 1. The summed E-state index contributed by atoms with van der Waals surface area (Å²) in [6.45, 7) is 9.32. The van der Waals surface area contributed by atoms with Gasteiger partial charge in [-0.05, 0) is 33.1 Å².